The summed E-state index contributed by atoms with van der Waals surface area (Å²) in [7, 11) is 0. The Morgan fingerprint density at radius 3 is 2.50 bits per heavy atom. The van der Waals surface area contributed by atoms with Crippen LogP contribution in [-0.2, 0) is 6.42 Å². The second-order valence-electron chi connectivity index (χ2n) is 9.24. The Morgan fingerprint density at radius 2 is 1.86 bits per heavy atom. The molecule has 1 aromatic carbocycles. The van der Waals surface area contributed by atoms with Gasteiger partial charge < -0.3 is 15.9 Å². The zero-order chi connectivity index (χ0) is 26.2. The van der Waals surface area contributed by atoms with Gasteiger partial charge in [0.05, 0.1) is 17.4 Å². The molecule has 0 bridgehead atoms. The van der Waals surface area contributed by atoms with E-state index in [0.29, 0.717) is 17.5 Å². The lowest BCUT2D eigenvalue weighted by Crippen LogP contribution is -2.54. The van der Waals surface area contributed by atoms with Crippen LogP contribution in [0.4, 0.5) is 23.2 Å². The van der Waals surface area contributed by atoms with Gasteiger partial charge in [-0.1, -0.05) is 13.0 Å². The first-order valence-corrected chi connectivity index (χ1v) is 11.4. The Bertz CT molecular complexity index is 1270. The fourth-order valence-electron chi connectivity index (χ4n) is 4.87. The van der Waals surface area contributed by atoms with Gasteiger partial charge in [-0.15, -0.1) is 0 Å². The van der Waals surface area contributed by atoms with Gasteiger partial charge in [0.15, 0.2) is 11.6 Å². The van der Waals surface area contributed by atoms with E-state index < -0.39 is 58.8 Å². The average Bonchev–Trinajstić information content (AvgIpc) is 2.83. The Hall–Kier alpha value is -3.37. The third kappa shape index (κ3) is 4.58. The summed E-state index contributed by atoms with van der Waals surface area (Å²) in [5.74, 6) is -4.66. The maximum Gasteiger partial charge on any atom is 0.187 e. The zero-order valence-electron chi connectivity index (χ0n) is 19.4. The number of aromatic nitrogens is 2. The number of Topliss-reactive ketones (excluding diaryl/α,β-unsaturated/α-hetero) is 1. The molecule has 36 heavy (non-hydrogen) atoms. The molecule has 0 unspecified atom stereocenters. The van der Waals surface area contributed by atoms with E-state index in [0.717, 1.165) is 24.3 Å². The molecule has 1 fully saturated rings. The lowest BCUT2D eigenvalue weighted by molar-refractivity contribution is -0.146. The summed E-state index contributed by atoms with van der Waals surface area (Å²) >= 11 is 0. The second kappa shape index (κ2) is 9.94. The minimum atomic E-state index is -1.84. The predicted octanol–water partition coefficient (Wildman–Crippen LogP) is 4.14. The Balaban J connectivity index is 1.66. The SMILES string of the molecule is C[C@H]1C[C@@H](c2ccncc2CC(=O)c2nc(-c3c(F)cccc3F)c(F)cc2N)C[C@@H](O)[C@@]1(O)CF. The summed E-state index contributed by atoms with van der Waals surface area (Å²) in [4.78, 5) is 21.1. The van der Waals surface area contributed by atoms with Crippen LogP contribution in [0.2, 0.25) is 0 Å². The highest BCUT2D eigenvalue weighted by molar-refractivity contribution is 6.00. The first kappa shape index (κ1) is 25.7. The van der Waals surface area contributed by atoms with Crippen LogP contribution in [0.1, 0.15) is 47.3 Å². The van der Waals surface area contributed by atoms with Gasteiger partial charge in [-0.25, -0.2) is 22.5 Å². The van der Waals surface area contributed by atoms with Crippen molar-refractivity contribution in [1.82, 2.24) is 9.97 Å². The summed E-state index contributed by atoms with van der Waals surface area (Å²) in [6.07, 6.45) is 1.83. The molecule has 4 N–H and O–H groups in total. The van der Waals surface area contributed by atoms with Crippen molar-refractivity contribution in [2.75, 3.05) is 12.4 Å². The minimum Gasteiger partial charge on any atom is -0.397 e. The molecule has 6 nitrogen and oxygen atoms in total. The van der Waals surface area contributed by atoms with E-state index in [4.69, 9.17) is 5.73 Å². The third-order valence-electron chi connectivity index (χ3n) is 6.99. The van der Waals surface area contributed by atoms with Crippen LogP contribution < -0.4 is 5.73 Å². The van der Waals surface area contributed by atoms with Gasteiger partial charge in [0.2, 0.25) is 0 Å². The number of nitrogen functional groups attached to an aromatic ring is 1. The molecule has 2 aromatic heterocycles. The summed E-state index contributed by atoms with van der Waals surface area (Å²) in [6.45, 7) is 0.567. The number of halogens is 4. The maximum atomic E-state index is 14.6. The van der Waals surface area contributed by atoms with Crippen molar-refractivity contribution in [2.45, 2.75) is 43.8 Å². The number of benzene rings is 1. The standard InChI is InChI=1S/C26H25F4N3O3/c1-13-7-14(9-22(35)26(13,36)12-27)16-5-6-32-11-15(16)8-21(34)25-20(31)10-19(30)24(33-25)23-17(28)3-2-4-18(23)29/h2-6,10-11,13-14,22,35-36H,7-9,12,31H2,1H3/t13-,14+,22+,26+/m0/s1. The fraction of sp³-hybridized carbons (Fsp3) is 0.346. The number of carbonyl (C=O) groups is 1. The number of hydrogen-bond donors (Lipinski definition) is 3. The number of carbonyl (C=O) groups excluding carboxylic acids is 1. The summed E-state index contributed by atoms with van der Waals surface area (Å²) in [5.41, 5.74) is 3.11. The lowest BCUT2D eigenvalue weighted by Gasteiger charge is -2.44. The van der Waals surface area contributed by atoms with Gasteiger partial charge in [-0.2, -0.15) is 0 Å². The number of pyridine rings is 2. The van der Waals surface area contributed by atoms with E-state index in [2.05, 4.69) is 9.97 Å². The van der Waals surface area contributed by atoms with Crippen LogP contribution in [0.3, 0.4) is 0 Å². The number of anilines is 1. The molecular formula is C26H25F4N3O3. The van der Waals surface area contributed by atoms with Gasteiger partial charge in [-0.3, -0.25) is 9.78 Å². The Kier molecular flexibility index (Phi) is 7.10. The van der Waals surface area contributed by atoms with E-state index in [1.54, 1.807) is 13.0 Å². The van der Waals surface area contributed by atoms with Gasteiger partial charge in [0, 0.05) is 24.9 Å². The number of alkyl halides is 1. The van der Waals surface area contributed by atoms with Gasteiger partial charge in [0.25, 0.3) is 0 Å². The molecule has 4 rings (SSSR count). The second-order valence-corrected chi connectivity index (χ2v) is 9.24. The van der Waals surface area contributed by atoms with Crippen LogP contribution in [0.25, 0.3) is 11.3 Å². The zero-order valence-corrected chi connectivity index (χ0v) is 19.4. The van der Waals surface area contributed by atoms with E-state index in [-0.39, 0.29) is 30.1 Å². The number of nitrogens with zero attached hydrogens (tertiary/aromatic N) is 2. The topological polar surface area (TPSA) is 109 Å². The Morgan fingerprint density at radius 1 is 1.17 bits per heavy atom. The van der Waals surface area contributed by atoms with Crippen LogP contribution in [0, 0.1) is 23.4 Å². The molecule has 1 aliphatic rings. The van der Waals surface area contributed by atoms with E-state index in [1.807, 2.05) is 0 Å². The van der Waals surface area contributed by atoms with Crippen molar-refractivity contribution in [1.29, 1.82) is 0 Å². The van der Waals surface area contributed by atoms with Crippen molar-refractivity contribution in [3.05, 3.63) is 77.0 Å². The van der Waals surface area contributed by atoms with Crippen LogP contribution >= 0.6 is 0 Å². The van der Waals surface area contributed by atoms with Gasteiger partial charge in [-0.05, 0) is 54.0 Å². The molecular weight excluding hydrogens is 478 g/mol. The number of nitrogens with two attached hydrogens (primary N) is 1. The van der Waals surface area contributed by atoms with Crippen molar-refractivity contribution in [3.8, 4) is 11.3 Å². The van der Waals surface area contributed by atoms with Crippen LogP contribution in [0.15, 0.2) is 42.7 Å². The molecule has 0 amide bonds. The summed E-state index contributed by atoms with van der Waals surface area (Å²) < 4.78 is 56.5. The molecule has 0 aliphatic heterocycles. The monoisotopic (exact) mass is 503 g/mol. The van der Waals surface area contributed by atoms with Crippen molar-refractivity contribution < 1.29 is 32.6 Å². The highest BCUT2D eigenvalue weighted by Gasteiger charge is 2.47. The van der Waals surface area contributed by atoms with Crippen molar-refractivity contribution in [3.63, 3.8) is 0 Å². The number of aliphatic hydroxyl groups is 2. The van der Waals surface area contributed by atoms with Crippen LogP contribution in [0.5, 0.6) is 0 Å². The highest BCUT2D eigenvalue weighted by atomic mass is 19.1. The third-order valence-corrected chi connectivity index (χ3v) is 6.99. The van der Waals surface area contributed by atoms with Gasteiger partial charge in [0.1, 0.15) is 35.3 Å². The largest absolute Gasteiger partial charge is 0.397 e. The summed E-state index contributed by atoms with van der Waals surface area (Å²) in [6, 6.07) is 5.49. The number of aliphatic hydroxyl groups excluding tert-OH is 1. The average molecular weight is 503 g/mol. The quantitative estimate of drug-likeness (QED) is 0.345. The molecule has 0 radical (unpaired) electrons. The highest BCUT2D eigenvalue weighted by Crippen LogP contribution is 2.43. The molecule has 10 heteroatoms. The van der Waals surface area contributed by atoms with Gasteiger partial charge >= 0.3 is 0 Å². The molecule has 190 valence electrons. The first-order chi connectivity index (χ1) is 17.1. The van der Waals surface area contributed by atoms with E-state index >= 15 is 0 Å². The van der Waals surface area contributed by atoms with Crippen molar-refractivity contribution in [2.24, 2.45) is 5.92 Å². The Labute approximate surface area is 204 Å². The molecule has 2 heterocycles. The lowest BCUT2D eigenvalue weighted by atomic mass is 9.68. The van der Waals surface area contributed by atoms with E-state index in [9.17, 15) is 32.6 Å². The number of ketones is 1. The molecule has 1 aliphatic carbocycles. The minimum absolute atomic E-state index is 0.0730. The molecule has 3 aromatic rings. The molecule has 1 saturated carbocycles. The predicted molar refractivity (Wildman–Crippen MR) is 124 cm³/mol. The van der Waals surface area contributed by atoms with Crippen molar-refractivity contribution >= 4 is 11.5 Å². The molecule has 0 saturated heterocycles. The molecule has 4 atom stereocenters. The first-order valence-electron chi connectivity index (χ1n) is 11.4. The molecule has 0 spiro atoms. The van der Waals surface area contributed by atoms with E-state index in [1.165, 1.54) is 12.4 Å². The number of rotatable bonds is 6. The summed E-state index contributed by atoms with van der Waals surface area (Å²) in [5, 5.41) is 20.9. The smallest absolute Gasteiger partial charge is 0.187 e. The normalized spacial score (nSPS) is 24.0. The number of hydrogen-bond acceptors (Lipinski definition) is 6. The maximum absolute atomic E-state index is 14.6. The fourth-order valence-corrected chi connectivity index (χ4v) is 4.87. The van der Waals surface area contributed by atoms with Crippen LogP contribution in [-0.4, -0.2) is 44.3 Å².